The van der Waals surface area contributed by atoms with Gasteiger partial charge in [0.2, 0.25) is 0 Å². The van der Waals surface area contributed by atoms with Gasteiger partial charge in [-0.2, -0.15) is 0 Å². The number of methoxy groups -OCH3 is 1. The van der Waals surface area contributed by atoms with E-state index in [0.717, 1.165) is 0 Å². The molecule has 2 aromatic carbocycles. The molecule has 2 rings (SSSR count). The van der Waals surface area contributed by atoms with Gasteiger partial charge < -0.3 is 9.64 Å². The number of carbonyl (C=O) groups is 1. The van der Waals surface area contributed by atoms with E-state index in [1.54, 1.807) is 37.3 Å². The van der Waals surface area contributed by atoms with Crippen molar-refractivity contribution in [3.8, 4) is 5.75 Å². The van der Waals surface area contributed by atoms with Crippen LogP contribution in [0.4, 0.5) is 5.69 Å². The van der Waals surface area contributed by atoms with E-state index in [9.17, 15) is 4.79 Å². The molecule has 0 unspecified atom stereocenters. The predicted molar refractivity (Wildman–Crippen MR) is 84.9 cm³/mol. The zero-order valence-corrected chi connectivity index (χ0v) is 13.4. The van der Waals surface area contributed by atoms with Crippen LogP contribution in [0.3, 0.4) is 0 Å². The molecule has 5 heteroatoms. The summed E-state index contributed by atoms with van der Waals surface area (Å²) < 4.78 is 5.94. The highest BCUT2D eigenvalue weighted by molar-refractivity contribution is 9.10. The number of ether oxygens (including phenoxy) is 1. The van der Waals surface area contributed by atoms with Crippen LogP contribution in [0.25, 0.3) is 0 Å². The topological polar surface area (TPSA) is 29.5 Å². The summed E-state index contributed by atoms with van der Waals surface area (Å²) in [6.45, 7) is 0. The fraction of sp³-hybridized carbons (Fsp3) is 0.133. The molecule has 0 aliphatic heterocycles. The van der Waals surface area contributed by atoms with Crippen molar-refractivity contribution >= 4 is 39.1 Å². The average molecular weight is 355 g/mol. The third kappa shape index (κ3) is 2.97. The molecule has 0 saturated carbocycles. The molecule has 0 aromatic heterocycles. The van der Waals surface area contributed by atoms with Gasteiger partial charge in [0.05, 0.1) is 18.4 Å². The van der Waals surface area contributed by atoms with Gasteiger partial charge in [0, 0.05) is 16.5 Å². The SMILES string of the molecule is COc1ccccc1N(C)C(=O)c1ccc(Cl)cc1Br. The number of nitrogens with zero attached hydrogens (tertiary/aromatic N) is 1. The quantitative estimate of drug-likeness (QED) is 0.818. The monoisotopic (exact) mass is 353 g/mol. The van der Waals surface area contributed by atoms with Gasteiger partial charge in [0.25, 0.3) is 5.91 Å². The third-order valence-corrected chi connectivity index (χ3v) is 3.80. The van der Waals surface area contributed by atoms with Crippen LogP contribution in [0.5, 0.6) is 5.75 Å². The van der Waals surface area contributed by atoms with Crippen LogP contribution in [0.2, 0.25) is 5.02 Å². The molecule has 0 heterocycles. The van der Waals surface area contributed by atoms with Gasteiger partial charge in [-0.3, -0.25) is 4.79 Å². The Morgan fingerprint density at radius 2 is 1.95 bits per heavy atom. The van der Waals surface area contributed by atoms with Gasteiger partial charge in [-0.1, -0.05) is 23.7 Å². The number of hydrogen-bond donors (Lipinski definition) is 0. The second kappa shape index (κ2) is 6.29. The lowest BCUT2D eigenvalue weighted by Gasteiger charge is -2.20. The van der Waals surface area contributed by atoms with Crippen molar-refractivity contribution in [2.75, 3.05) is 19.1 Å². The number of amides is 1. The number of benzene rings is 2. The van der Waals surface area contributed by atoms with Gasteiger partial charge in [0.1, 0.15) is 5.75 Å². The Morgan fingerprint density at radius 3 is 2.60 bits per heavy atom. The van der Waals surface area contributed by atoms with Crippen LogP contribution in [-0.4, -0.2) is 20.1 Å². The standard InChI is InChI=1S/C15H13BrClNO2/c1-18(13-5-3-4-6-14(13)20-2)15(19)11-8-7-10(17)9-12(11)16/h3-9H,1-2H3. The van der Waals surface area contributed by atoms with Crippen LogP contribution in [0.15, 0.2) is 46.9 Å². The van der Waals surface area contributed by atoms with Crippen molar-refractivity contribution < 1.29 is 9.53 Å². The van der Waals surface area contributed by atoms with Crippen LogP contribution in [-0.2, 0) is 0 Å². The summed E-state index contributed by atoms with van der Waals surface area (Å²) in [6, 6.07) is 12.5. The lowest BCUT2D eigenvalue weighted by molar-refractivity contribution is 0.0991. The summed E-state index contributed by atoms with van der Waals surface area (Å²) in [7, 11) is 3.29. The van der Waals surface area contributed by atoms with E-state index < -0.39 is 0 Å². The highest BCUT2D eigenvalue weighted by atomic mass is 79.9. The summed E-state index contributed by atoms with van der Waals surface area (Å²) in [4.78, 5) is 14.1. The normalized spacial score (nSPS) is 10.2. The van der Waals surface area contributed by atoms with Gasteiger partial charge in [-0.15, -0.1) is 0 Å². The number of halogens is 2. The highest BCUT2D eigenvalue weighted by Gasteiger charge is 2.18. The molecule has 1 amide bonds. The van der Waals surface area contributed by atoms with Crippen LogP contribution in [0.1, 0.15) is 10.4 Å². The zero-order valence-electron chi connectivity index (χ0n) is 11.1. The van der Waals surface area contributed by atoms with Crippen LogP contribution >= 0.6 is 27.5 Å². The molecule has 0 saturated heterocycles. The summed E-state index contributed by atoms with van der Waals surface area (Å²) >= 11 is 9.25. The molecule has 104 valence electrons. The summed E-state index contributed by atoms with van der Waals surface area (Å²) in [5, 5.41) is 0.577. The molecule has 0 fully saturated rings. The Labute approximate surface area is 131 Å². The molecule has 0 aliphatic carbocycles. The molecule has 0 radical (unpaired) electrons. The molecule has 0 spiro atoms. The summed E-state index contributed by atoms with van der Waals surface area (Å²) in [5.41, 5.74) is 1.25. The maximum absolute atomic E-state index is 12.5. The minimum Gasteiger partial charge on any atom is -0.495 e. The number of carbonyl (C=O) groups excluding carboxylic acids is 1. The van der Waals surface area contributed by atoms with Crippen molar-refractivity contribution in [2.24, 2.45) is 0 Å². The first kappa shape index (κ1) is 14.9. The molecule has 0 aliphatic rings. The Morgan fingerprint density at radius 1 is 1.25 bits per heavy atom. The van der Waals surface area contributed by atoms with Gasteiger partial charge >= 0.3 is 0 Å². The van der Waals surface area contributed by atoms with E-state index in [1.165, 1.54) is 0 Å². The molecule has 0 N–H and O–H groups in total. The first-order valence-electron chi connectivity index (χ1n) is 5.90. The Kier molecular flexibility index (Phi) is 4.68. The Balaban J connectivity index is 2.37. The van der Waals surface area contributed by atoms with Gasteiger partial charge in [0.15, 0.2) is 0 Å². The van der Waals surface area contributed by atoms with E-state index in [-0.39, 0.29) is 5.91 Å². The third-order valence-electron chi connectivity index (χ3n) is 2.91. The molecule has 20 heavy (non-hydrogen) atoms. The lowest BCUT2D eigenvalue weighted by Crippen LogP contribution is -2.26. The van der Waals surface area contributed by atoms with Crippen molar-refractivity contribution in [2.45, 2.75) is 0 Å². The van der Waals surface area contributed by atoms with E-state index in [2.05, 4.69) is 15.9 Å². The Hall–Kier alpha value is -1.52. The second-order valence-corrected chi connectivity index (χ2v) is 5.45. The van der Waals surface area contributed by atoms with Crippen LogP contribution < -0.4 is 9.64 Å². The maximum Gasteiger partial charge on any atom is 0.259 e. The fourth-order valence-corrected chi connectivity index (χ4v) is 2.71. The molecular weight excluding hydrogens is 342 g/mol. The number of hydrogen-bond acceptors (Lipinski definition) is 2. The van der Waals surface area contributed by atoms with Crippen molar-refractivity contribution in [3.63, 3.8) is 0 Å². The van der Waals surface area contributed by atoms with Crippen LogP contribution in [0, 0.1) is 0 Å². The molecular formula is C15H13BrClNO2. The second-order valence-electron chi connectivity index (χ2n) is 4.16. The maximum atomic E-state index is 12.5. The van der Waals surface area contributed by atoms with Gasteiger partial charge in [-0.25, -0.2) is 0 Å². The van der Waals surface area contributed by atoms with E-state index in [4.69, 9.17) is 16.3 Å². The first-order valence-corrected chi connectivity index (χ1v) is 7.08. The van der Waals surface area contributed by atoms with E-state index in [0.29, 0.717) is 26.5 Å². The van der Waals surface area contributed by atoms with Gasteiger partial charge in [-0.05, 0) is 46.3 Å². The van der Waals surface area contributed by atoms with Crippen molar-refractivity contribution in [3.05, 3.63) is 57.5 Å². The molecule has 0 bridgehead atoms. The molecule has 3 nitrogen and oxygen atoms in total. The average Bonchev–Trinajstić information content (AvgIpc) is 2.45. The fourth-order valence-electron chi connectivity index (χ4n) is 1.86. The molecule has 0 atom stereocenters. The number of anilines is 1. The van der Waals surface area contributed by atoms with Crippen molar-refractivity contribution in [1.29, 1.82) is 0 Å². The summed E-state index contributed by atoms with van der Waals surface area (Å²) in [6.07, 6.45) is 0. The van der Waals surface area contributed by atoms with E-state index in [1.807, 2.05) is 24.3 Å². The summed E-state index contributed by atoms with van der Waals surface area (Å²) in [5.74, 6) is 0.506. The minimum absolute atomic E-state index is 0.141. The number of para-hydroxylation sites is 2. The lowest BCUT2D eigenvalue weighted by atomic mass is 10.2. The predicted octanol–water partition coefficient (Wildman–Crippen LogP) is 4.39. The minimum atomic E-state index is -0.141. The smallest absolute Gasteiger partial charge is 0.259 e. The number of rotatable bonds is 3. The zero-order chi connectivity index (χ0) is 14.7. The highest BCUT2D eigenvalue weighted by Crippen LogP contribution is 2.29. The van der Waals surface area contributed by atoms with E-state index >= 15 is 0 Å². The molecule has 2 aromatic rings. The Bertz CT molecular complexity index is 646. The largest absolute Gasteiger partial charge is 0.495 e. The van der Waals surface area contributed by atoms with Crippen molar-refractivity contribution in [1.82, 2.24) is 0 Å². The first-order chi connectivity index (χ1) is 9.54.